The Morgan fingerprint density at radius 2 is 1.43 bits per heavy atom. The Kier molecular flexibility index (Phi) is 6.28. The molecule has 0 heterocycles. The summed E-state index contributed by atoms with van der Waals surface area (Å²) >= 11 is 0. The first-order valence-electron chi connectivity index (χ1n) is 10.4. The molecule has 2 N–H and O–H groups in total. The van der Waals surface area contributed by atoms with Crippen LogP contribution in [0.3, 0.4) is 0 Å². The van der Waals surface area contributed by atoms with Gasteiger partial charge in [-0.15, -0.1) is 13.2 Å². The molecule has 2 heteroatoms. The first-order valence-corrected chi connectivity index (χ1v) is 10.4. The number of phenolic OH excluding ortho intramolecular Hbond substituents is 2. The molecule has 0 atom stereocenters. The lowest BCUT2D eigenvalue weighted by molar-refractivity contribution is 0.168. The summed E-state index contributed by atoms with van der Waals surface area (Å²) in [6.07, 6.45) is 11.0. The van der Waals surface area contributed by atoms with E-state index in [1.807, 2.05) is 24.3 Å². The van der Waals surface area contributed by atoms with E-state index in [2.05, 4.69) is 44.3 Å². The summed E-state index contributed by atoms with van der Waals surface area (Å²) < 4.78 is 0. The van der Waals surface area contributed by atoms with Crippen molar-refractivity contribution in [3.05, 3.63) is 84.0 Å². The number of rotatable bonds is 9. The summed E-state index contributed by atoms with van der Waals surface area (Å²) in [5.41, 5.74) is 4.31. The second-order valence-corrected chi connectivity index (χ2v) is 8.17. The minimum absolute atomic E-state index is 0.0500. The largest absolute Gasteiger partial charge is 0.508 e. The standard InChI is InChI=1S/C26H32O2/c1-4-7-10-19-17-26(18-19,22-11-13-24(27)20(15-22)8-5-2)23-12-14-25(28)21(16-23)9-6-3/h5-6,11-16,19,27-28H,2-4,7-10,17-18H2,1H3. The molecule has 1 saturated carbocycles. The summed E-state index contributed by atoms with van der Waals surface area (Å²) in [7, 11) is 0. The van der Waals surface area contributed by atoms with Gasteiger partial charge >= 0.3 is 0 Å². The van der Waals surface area contributed by atoms with Crippen molar-refractivity contribution >= 4 is 0 Å². The van der Waals surface area contributed by atoms with Gasteiger partial charge in [-0.3, -0.25) is 0 Å². The Bertz CT molecular complexity index is 782. The first kappa shape index (κ1) is 20.3. The molecule has 0 aliphatic heterocycles. The van der Waals surface area contributed by atoms with Gasteiger partial charge in [0.2, 0.25) is 0 Å². The molecule has 148 valence electrons. The fourth-order valence-corrected chi connectivity index (χ4v) is 4.67. The van der Waals surface area contributed by atoms with Gasteiger partial charge in [0.1, 0.15) is 11.5 Å². The van der Waals surface area contributed by atoms with Crippen LogP contribution in [0.4, 0.5) is 0 Å². The van der Waals surface area contributed by atoms with Gasteiger partial charge in [-0.2, -0.15) is 0 Å². The Labute approximate surface area is 169 Å². The van der Waals surface area contributed by atoms with Gasteiger partial charge < -0.3 is 10.2 Å². The second kappa shape index (κ2) is 8.68. The van der Waals surface area contributed by atoms with Crippen LogP contribution in [-0.2, 0) is 18.3 Å². The minimum Gasteiger partial charge on any atom is -0.508 e. The van der Waals surface area contributed by atoms with Gasteiger partial charge in [0.25, 0.3) is 0 Å². The van der Waals surface area contributed by atoms with E-state index in [9.17, 15) is 10.2 Å². The lowest BCUT2D eigenvalue weighted by Crippen LogP contribution is -2.42. The Balaban J connectivity index is 2.03. The van der Waals surface area contributed by atoms with Crippen molar-refractivity contribution in [2.24, 2.45) is 5.92 Å². The fourth-order valence-electron chi connectivity index (χ4n) is 4.67. The predicted octanol–water partition coefficient (Wildman–Crippen LogP) is 6.44. The molecular formula is C26H32O2. The van der Waals surface area contributed by atoms with E-state index in [-0.39, 0.29) is 5.41 Å². The molecule has 2 aromatic carbocycles. The van der Waals surface area contributed by atoms with Crippen molar-refractivity contribution in [1.29, 1.82) is 0 Å². The van der Waals surface area contributed by atoms with Crippen molar-refractivity contribution in [1.82, 2.24) is 0 Å². The summed E-state index contributed by atoms with van der Waals surface area (Å²) in [4.78, 5) is 0. The summed E-state index contributed by atoms with van der Waals surface area (Å²) in [6.45, 7) is 9.89. The van der Waals surface area contributed by atoms with Crippen LogP contribution in [0.2, 0.25) is 0 Å². The maximum atomic E-state index is 10.2. The van der Waals surface area contributed by atoms with Crippen LogP contribution >= 0.6 is 0 Å². The van der Waals surface area contributed by atoms with Crippen LogP contribution in [-0.4, -0.2) is 10.2 Å². The zero-order valence-electron chi connectivity index (χ0n) is 17.0. The molecular weight excluding hydrogens is 344 g/mol. The molecule has 28 heavy (non-hydrogen) atoms. The van der Waals surface area contributed by atoms with Crippen molar-refractivity contribution in [3.8, 4) is 11.5 Å². The predicted molar refractivity (Wildman–Crippen MR) is 117 cm³/mol. The van der Waals surface area contributed by atoms with Gasteiger partial charge in [-0.25, -0.2) is 0 Å². The van der Waals surface area contributed by atoms with Gasteiger partial charge in [0.15, 0.2) is 0 Å². The minimum atomic E-state index is -0.0500. The number of allylic oxidation sites excluding steroid dienone is 2. The molecule has 1 aliphatic carbocycles. The number of hydrogen-bond donors (Lipinski definition) is 2. The lowest BCUT2D eigenvalue weighted by atomic mass is 9.54. The first-order chi connectivity index (χ1) is 13.5. The van der Waals surface area contributed by atoms with Gasteiger partial charge in [-0.1, -0.05) is 62.6 Å². The van der Waals surface area contributed by atoms with E-state index in [0.29, 0.717) is 24.3 Å². The number of aromatic hydroxyl groups is 2. The number of phenols is 2. The zero-order chi connectivity index (χ0) is 20.1. The normalized spacial score (nSPS) is 15.8. The quantitative estimate of drug-likeness (QED) is 0.494. The van der Waals surface area contributed by atoms with E-state index < -0.39 is 0 Å². The van der Waals surface area contributed by atoms with Crippen LogP contribution in [0, 0.1) is 5.92 Å². The van der Waals surface area contributed by atoms with E-state index >= 15 is 0 Å². The van der Waals surface area contributed by atoms with E-state index in [1.54, 1.807) is 0 Å². The second-order valence-electron chi connectivity index (χ2n) is 8.17. The third kappa shape index (κ3) is 3.87. The molecule has 1 fully saturated rings. The molecule has 2 nitrogen and oxygen atoms in total. The maximum absolute atomic E-state index is 10.2. The molecule has 0 unspecified atom stereocenters. The highest BCUT2D eigenvalue weighted by Gasteiger charge is 2.46. The molecule has 0 aromatic heterocycles. The molecule has 0 spiro atoms. The average Bonchev–Trinajstić information content (AvgIpc) is 2.65. The topological polar surface area (TPSA) is 40.5 Å². The van der Waals surface area contributed by atoms with Crippen molar-refractivity contribution < 1.29 is 10.2 Å². The zero-order valence-corrected chi connectivity index (χ0v) is 17.0. The third-order valence-corrected chi connectivity index (χ3v) is 6.23. The van der Waals surface area contributed by atoms with Gasteiger partial charge in [0.05, 0.1) is 0 Å². The molecule has 3 rings (SSSR count). The van der Waals surface area contributed by atoms with E-state index in [1.165, 1.54) is 30.4 Å². The lowest BCUT2D eigenvalue weighted by Gasteiger charge is -2.49. The van der Waals surface area contributed by atoms with E-state index in [4.69, 9.17) is 0 Å². The summed E-state index contributed by atoms with van der Waals surface area (Å²) in [5.74, 6) is 1.39. The molecule has 0 radical (unpaired) electrons. The third-order valence-electron chi connectivity index (χ3n) is 6.23. The fraction of sp³-hybridized carbons (Fsp3) is 0.385. The molecule has 0 saturated heterocycles. The number of hydrogen-bond acceptors (Lipinski definition) is 2. The highest BCUT2D eigenvalue weighted by atomic mass is 16.3. The Morgan fingerprint density at radius 1 is 0.929 bits per heavy atom. The molecule has 0 bridgehead atoms. The van der Waals surface area contributed by atoms with Crippen LogP contribution in [0.15, 0.2) is 61.7 Å². The molecule has 2 aromatic rings. The summed E-state index contributed by atoms with van der Waals surface area (Å²) in [5, 5.41) is 20.4. The SMILES string of the molecule is C=CCc1cc(C2(c3ccc(O)c(CC=C)c3)CC(CCCC)C2)ccc1O. The highest BCUT2D eigenvalue weighted by Crippen LogP contribution is 2.54. The van der Waals surface area contributed by atoms with Crippen LogP contribution in [0.25, 0.3) is 0 Å². The average molecular weight is 377 g/mol. The van der Waals surface area contributed by atoms with Crippen LogP contribution in [0.1, 0.15) is 61.3 Å². The van der Waals surface area contributed by atoms with Crippen LogP contribution < -0.4 is 0 Å². The molecule has 0 amide bonds. The number of benzene rings is 2. The number of unbranched alkanes of at least 4 members (excludes halogenated alkanes) is 1. The van der Waals surface area contributed by atoms with Gasteiger partial charge in [-0.05, 0) is 66.0 Å². The maximum Gasteiger partial charge on any atom is 0.119 e. The molecule has 1 aliphatic rings. The van der Waals surface area contributed by atoms with Crippen molar-refractivity contribution in [2.75, 3.05) is 0 Å². The highest BCUT2D eigenvalue weighted by molar-refractivity contribution is 5.50. The smallest absolute Gasteiger partial charge is 0.119 e. The Hall–Kier alpha value is -2.48. The van der Waals surface area contributed by atoms with Crippen LogP contribution in [0.5, 0.6) is 11.5 Å². The Morgan fingerprint density at radius 3 is 1.86 bits per heavy atom. The van der Waals surface area contributed by atoms with Crippen molar-refractivity contribution in [3.63, 3.8) is 0 Å². The van der Waals surface area contributed by atoms with Gasteiger partial charge in [0, 0.05) is 5.41 Å². The monoisotopic (exact) mass is 376 g/mol. The van der Waals surface area contributed by atoms with E-state index in [0.717, 1.165) is 29.9 Å². The summed E-state index contributed by atoms with van der Waals surface area (Å²) in [6, 6.07) is 12.1. The van der Waals surface area contributed by atoms with Crippen molar-refractivity contribution in [2.45, 2.75) is 57.3 Å².